The van der Waals surface area contributed by atoms with Crippen molar-refractivity contribution in [1.82, 2.24) is 0 Å². The average molecular weight is 952 g/mol. The summed E-state index contributed by atoms with van der Waals surface area (Å²) in [7, 11) is 0. The Balaban J connectivity index is 0.948. The van der Waals surface area contributed by atoms with Crippen LogP contribution in [0, 0.1) is 0 Å². The Bertz CT molecular complexity index is 4170. The van der Waals surface area contributed by atoms with E-state index < -0.39 is 10.8 Å². The molecule has 4 aliphatic rings. The maximum Gasteiger partial charge on any atom is 0.135 e. The fraction of sp³-hybridized carbons (Fsp3) is 0.0294. The third-order valence-corrected chi connectivity index (χ3v) is 18.3. The number of nitrogens with zero attached hydrogens (tertiary/aromatic N) is 1. The molecule has 0 saturated heterocycles. The van der Waals surface area contributed by atoms with Crippen LogP contribution in [0.25, 0.3) is 55.3 Å². The van der Waals surface area contributed by atoms with E-state index in [0.29, 0.717) is 0 Å². The van der Waals surface area contributed by atoms with E-state index in [2.05, 4.69) is 241 Å². The molecule has 0 saturated carbocycles. The molecule has 2 aliphatic heterocycles. The molecule has 0 amide bonds. The Hall–Kier alpha value is -8.28. The summed E-state index contributed by atoms with van der Waals surface area (Å²) in [5.74, 6) is 0. The Morgan fingerprint density at radius 1 is 0.306 bits per heavy atom. The highest BCUT2D eigenvalue weighted by Crippen LogP contribution is 2.66. The van der Waals surface area contributed by atoms with E-state index in [1.807, 2.05) is 35.7 Å². The van der Waals surface area contributed by atoms with Crippen molar-refractivity contribution in [1.29, 1.82) is 0 Å². The van der Waals surface area contributed by atoms with Gasteiger partial charge in [0, 0.05) is 47.3 Å². The molecule has 0 fully saturated rings. The van der Waals surface area contributed by atoms with Crippen LogP contribution >= 0.6 is 23.5 Å². The number of benzene rings is 11. The summed E-state index contributed by atoms with van der Waals surface area (Å²) >= 11 is 3.78. The van der Waals surface area contributed by atoms with E-state index in [1.165, 1.54) is 86.3 Å². The standard InChI is InChI=1S/C68H41NOS2/c1-4-19-51-46(16-1)49-41-45(37-38-53(49)67(51)54-21-6-11-28-62(54)71-63-29-12-7-22-55(63)67)69(44-35-32-42(33-36-44)43-34-39-61-50(40-43)47-17-3-10-27-60(47)70-61)59-26-15-25-58-66(59)48-18-2-5-20-52(48)68(58)56-23-8-13-30-64(56)72-65-31-14-9-24-57(65)68/h1-41H. The minimum absolute atomic E-state index is 0.462. The summed E-state index contributed by atoms with van der Waals surface area (Å²) in [4.78, 5) is 7.75. The first-order valence-corrected chi connectivity index (χ1v) is 26.4. The molecule has 0 N–H and O–H groups in total. The van der Waals surface area contributed by atoms with Gasteiger partial charge in [-0.25, -0.2) is 0 Å². The van der Waals surface area contributed by atoms with Crippen LogP contribution in [0.4, 0.5) is 17.1 Å². The summed E-state index contributed by atoms with van der Waals surface area (Å²) in [6.45, 7) is 0. The predicted molar refractivity (Wildman–Crippen MR) is 297 cm³/mol. The zero-order valence-corrected chi connectivity index (χ0v) is 40.5. The fourth-order valence-corrected chi connectivity index (χ4v) is 15.6. The molecule has 0 bridgehead atoms. The van der Waals surface area contributed by atoms with E-state index in [9.17, 15) is 0 Å². The molecule has 3 heterocycles. The second-order valence-corrected chi connectivity index (χ2v) is 21.6. The Morgan fingerprint density at radius 3 is 1.43 bits per heavy atom. The van der Waals surface area contributed by atoms with Crippen LogP contribution < -0.4 is 4.90 Å². The molecule has 2 nitrogen and oxygen atoms in total. The third-order valence-electron chi connectivity index (χ3n) is 16.0. The lowest BCUT2D eigenvalue weighted by molar-refractivity contribution is 0.669. The smallest absolute Gasteiger partial charge is 0.135 e. The molecule has 16 rings (SSSR count). The van der Waals surface area contributed by atoms with Gasteiger partial charge in [0.1, 0.15) is 11.2 Å². The van der Waals surface area contributed by atoms with Crippen molar-refractivity contribution in [3.63, 3.8) is 0 Å². The van der Waals surface area contributed by atoms with E-state index in [0.717, 1.165) is 50.1 Å². The molecular weight excluding hydrogens is 911 g/mol. The number of hydrogen-bond donors (Lipinski definition) is 0. The molecular formula is C68H41NOS2. The topological polar surface area (TPSA) is 16.4 Å². The zero-order valence-electron chi connectivity index (χ0n) is 38.8. The van der Waals surface area contributed by atoms with Crippen molar-refractivity contribution in [3.8, 4) is 33.4 Å². The second-order valence-electron chi connectivity index (χ2n) is 19.4. The summed E-state index contributed by atoms with van der Waals surface area (Å²) < 4.78 is 6.25. The van der Waals surface area contributed by atoms with E-state index >= 15 is 0 Å². The molecule has 0 radical (unpaired) electrons. The first-order chi connectivity index (χ1) is 35.7. The van der Waals surface area contributed by atoms with Gasteiger partial charge >= 0.3 is 0 Å². The quantitative estimate of drug-likeness (QED) is 0.175. The lowest BCUT2D eigenvalue weighted by Gasteiger charge is -2.40. The van der Waals surface area contributed by atoms with Gasteiger partial charge in [0.25, 0.3) is 0 Å². The first-order valence-electron chi connectivity index (χ1n) is 24.7. The molecule has 2 aliphatic carbocycles. The SMILES string of the molecule is c1ccc2c(c1)Sc1ccccc1C21c2ccccc2-c2cc(N(c3ccc(-c4ccc5oc6ccccc6c5c4)cc3)c3cccc4c3-c3ccccc3C43c4ccccc4Sc4ccccc43)ccc21. The van der Waals surface area contributed by atoms with Gasteiger partial charge in [-0.3, -0.25) is 0 Å². The monoisotopic (exact) mass is 951 g/mol. The van der Waals surface area contributed by atoms with E-state index in [-0.39, 0.29) is 0 Å². The number of hydrogen-bond acceptors (Lipinski definition) is 4. The molecule has 2 spiro atoms. The molecule has 0 atom stereocenters. The highest BCUT2D eigenvalue weighted by Gasteiger charge is 2.52. The van der Waals surface area contributed by atoms with Crippen LogP contribution in [0.1, 0.15) is 44.5 Å². The Labute approximate surface area is 426 Å². The number of furan rings is 1. The van der Waals surface area contributed by atoms with Gasteiger partial charge < -0.3 is 9.32 Å². The van der Waals surface area contributed by atoms with Crippen LogP contribution in [0.3, 0.4) is 0 Å². The van der Waals surface area contributed by atoms with Gasteiger partial charge in [0.05, 0.1) is 16.5 Å². The predicted octanol–water partition coefficient (Wildman–Crippen LogP) is 18.4. The molecule has 12 aromatic rings. The maximum atomic E-state index is 6.25. The van der Waals surface area contributed by atoms with Crippen molar-refractivity contribution >= 4 is 62.5 Å². The van der Waals surface area contributed by atoms with Crippen LogP contribution in [0.5, 0.6) is 0 Å². The lowest BCUT2D eigenvalue weighted by atomic mass is 9.67. The zero-order chi connectivity index (χ0) is 47.1. The minimum atomic E-state index is -0.505. The van der Waals surface area contributed by atoms with Crippen molar-refractivity contribution in [3.05, 3.63) is 293 Å². The normalized spacial score (nSPS) is 14.5. The summed E-state index contributed by atoms with van der Waals surface area (Å²) in [5, 5.41) is 2.26. The minimum Gasteiger partial charge on any atom is -0.456 e. The average Bonchev–Trinajstić information content (AvgIpc) is 4.07. The van der Waals surface area contributed by atoms with Crippen molar-refractivity contribution in [2.45, 2.75) is 30.4 Å². The highest BCUT2D eigenvalue weighted by molar-refractivity contribution is 7.99. The van der Waals surface area contributed by atoms with Crippen LogP contribution in [-0.4, -0.2) is 0 Å². The third kappa shape index (κ3) is 5.33. The second kappa shape index (κ2) is 15.1. The van der Waals surface area contributed by atoms with Gasteiger partial charge in [0.2, 0.25) is 0 Å². The van der Waals surface area contributed by atoms with Crippen molar-refractivity contribution < 1.29 is 4.42 Å². The molecule has 4 heteroatoms. The van der Waals surface area contributed by atoms with Gasteiger partial charge in [-0.05, 0) is 145 Å². The Kier molecular flexibility index (Phi) is 8.49. The first kappa shape index (κ1) is 40.4. The van der Waals surface area contributed by atoms with E-state index in [1.54, 1.807) is 0 Å². The summed E-state index contributed by atoms with van der Waals surface area (Å²) in [6, 6.07) is 93.1. The van der Waals surface area contributed by atoms with Crippen molar-refractivity contribution in [2.24, 2.45) is 0 Å². The number of anilines is 3. The number of fused-ring (bicyclic) bond motifs is 21. The maximum absolute atomic E-state index is 6.25. The van der Waals surface area contributed by atoms with Gasteiger partial charge in [-0.1, -0.05) is 199 Å². The van der Waals surface area contributed by atoms with Crippen LogP contribution in [-0.2, 0) is 10.8 Å². The molecule has 72 heavy (non-hydrogen) atoms. The van der Waals surface area contributed by atoms with Gasteiger partial charge in [-0.2, -0.15) is 0 Å². The molecule has 0 unspecified atom stereocenters. The summed E-state index contributed by atoms with van der Waals surface area (Å²) in [6.07, 6.45) is 0. The van der Waals surface area contributed by atoms with Crippen LogP contribution in [0.15, 0.2) is 273 Å². The van der Waals surface area contributed by atoms with E-state index in [4.69, 9.17) is 4.42 Å². The molecule has 336 valence electrons. The Morgan fingerprint density at radius 2 is 0.778 bits per heavy atom. The molecule has 1 aromatic heterocycles. The van der Waals surface area contributed by atoms with Crippen molar-refractivity contribution in [2.75, 3.05) is 4.90 Å². The summed E-state index contributed by atoms with van der Waals surface area (Å²) in [5.41, 5.74) is 22.2. The number of para-hydroxylation sites is 1. The lowest BCUT2D eigenvalue weighted by Crippen LogP contribution is -2.32. The highest BCUT2D eigenvalue weighted by atomic mass is 32.2. The largest absolute Gasteiger partial charge is 0.456 e. The number of rotatable bonds is 4. The fourth-order valence-electron chi connectivity index (χ4n) is 13.2. The van der Waals surface area contributed by atoms with Gasteiger partial charge in [-0.15, -0.1) is 0 Å². The van der Waals surface area contributed by atoms with Gasteiger partial charge in [0.15, 0.2) is 0 Å². The molecule has 11 aromatic carbocycles. The van der Waals surface area contributed by atoms with Crippen LogP contribution in [0.2, 0.25) is 0 Å².